The molecule has 0 aromatic rings. The van der Waals surface area contributed by atoms with E-state index in [1.54, 1.807) is 0 Å². The van der Waals surface area contributed by atoms with Gasteiger partial charge in [0.25, 0.3) is 0 Å². The monoisotopic (exact) mass is 250 g/mol. The van der Waals surface area contributed by atoms with E-state index >= 15 is 0 Å². The van der Waals surface area contributed by atoms with E-state index in [4.69, 9.17) is 6.42 Å². The first kappa shape index (κ1) is 15.0. The number of carbonyl (C=O) groups excluding carboxylic acids is 1. The fourth-order valence-corrected chi connectivity index (χ4v) is 2.44. The van der Waals surface area contributed by atoms with Crippen molar-refractivity contribution in [3.8, 4) is 12.3 Å². The minimum atomic E-state index is 0.299. The lowest BCUT2D eigenvalue weighted by molar-refractivity contribution is -0.131. The summed E-state index contributed by atoms with van der Waals surface area (Å²) in [6, 6.07) is 0. The molecule has 1 aliphatic rings. The van der Waals surface area contributed by atoms with Crippen molar-refractivity contribution in [3.05, 3.63) is 0 Å². The van der Waals surface area contributed by atoms with Gasteiger partial charge in [0.1, 0.15) is 0 Å². The second-order valence-electron chi connectivity index (χ2n) is 5.04. The Kier molecular flexibility index (Phi) is 7.52. The molecule has 1 rings (SSSR count). The van der Waals surface area contributed by atoms with Gasteiger partial charge >= 0.3 is 0 Å². The highest BCUT2D eigenvalue weighted by atomic mass is 16.2. The minimum absolute atomic E-state index is 0.299. The highest BCUT2D eigenvalue weighted by molar-refractivity contribution is 5.76. The summed E-state index contributed by atoms with van der Waals surface area (Å²) in [6.07, 6.45) is 10.9. The summed E-state index contributed by atoms with van der Waals surface area (Å²) in [7, 11) is 0. The SMILES string of the molecule is C#CCCCCC(=O)N(CC)CC1CCNCC1. The predicted molar refractivity (Wildman–Crippen MR) is 75.1 cm³/mol. The van der Waals surface area contributed by atoms with Gasteiger partial charge in [0.2, 0.25) is 5.91 Å². The van der Waals surface area contributed by atoms with Crippen LogP contribution in [-0.4, -0.2) is 37.0 Å². The zero-order valence-electron chi connectivity index (χ0n) is 11.6. The third-order valence-electron chi connectivity index (χ3n) is 3.63. The molecular formula is C15H26N2O. The highest BCUT2D eigenvalue weighted by Gasteiger charge is 2.19. The number of unbranched alkanes of at least 4 members (excludes halogenated alkanes) is 2. The van der Waals surface area contributed by atoms with Crippen molar-refractivity contribution in [1.29, 1.82) is 0 Å². The molecule has 102 valence electrons. The summed E-state index contributed by atoms with van der Waals surface area (Å²) < 4.78 is 0. The Hall–Kier alpha value is -1.01. The lowest BCUT2D eigenvalue weighted by Crippen LogP contribution is -2.39. The van der Waals surface area contributed by atoms with Crippen LogP contribution >= 0.6 is 0 Å². The Morgan fingerprint density at radius 1 is 1.39 bits per heavy atom. The number of nitrogens with zero attached hydrogens (tertiary/aromatic N) is 1. The summed E-state index contributed by atoms with van der Waals surface area (Å²) in [4.78, 5) is 14.1. The smallest absolute Gasteiger partial charge is 0.222 e. The van der Waals surface area contributed by atoms with Gasteiger partial charge in [0, 0.05) is 25.9 Å². The number of nitrogens with one attached hydrogen (secondary N) is 1. The lowest BCUT2D eigenvalue weighted by atomic mass is 9.97. The van der Waals surface area contributed by atoms with Crippen molar-refractivity contribution >= 4 is 5.91 Å². The van der Waals surface area contributed by atoms with Crippen LogP contribution in [0.4, 0.5) is 0 Å². The number of carbonyl (C=O) groups is 1. The molecule has 1 saturated heterocycles. The molecule has 0 bridgehead atoms. The molecular weight excluding hydrogens is 224 g/mol. The Balaban J connectivity index is 2.25. The topological polar surface area (TPSA) is 32.3 Å². The Morgan fingerprint density at radius 2 is 2.11 bits per heavy atom. The highest BCUT2D eigenvalue weighted by Crippen LogP contribution is 2.14. The molecule has 1 amide bonds. The van der Waals surface area contributed by atoms with Gasteiger partial charge in [0.05, 0.1) is 0 Å². The van der Waals surface area contributed by atoms with Crippen LogP contribution in [0.25, 0.3) is 0 Å². The third kappa shape index (κ3) is 5.55. The summed E-state index contributed by atoms with van der Waals surface area (Å²) in [5.41, 5.74) is 0. The second-order valence-corrected chi connectivity index (χ2v) is 5.04. The van der Waals surface area contributed by atoms with Crippen molar-refractivity contribution in [1.82, 2.24) is 10.2 Å². The van der Waals surface area contributed by atoms with Crippen LogP contribution < -0.4 is 5.32 Å². The van der Waals surface area contributed by atoms with Crippen molar-refractivity contribution in [2.75, 3.05) is 26.2 Å². The van der Waals surface area contributed by atoms with Crippen LogP contribution in [0.3, 0.4) is 0 Å². The number of terminal acetylenes is 1. The van der Waals surface area contributed by atoms with Crippen molar-refractivity contribution in [2.24, 2.45) is 5.92 Å². The first-order chi connectivity index (χ1) is 8.77. The lowest BCUT2D eigenvalue weighted by Gasteiger charge is -2.29. The predicted octanol–water partition coefficient (Wildman–Crippen LogP) is 2.03. The fraction of sp³-hybridized carbons (Fsp3) is 0.800. The van der Waals surface area contributed by atoms with Gasteiger partial charge in [0.15, 0.2) is 0 Å². The normalized spacial score (nSPS) is 16.2. The molecule has 18 heavy (non-hydrogen) atoms. The molecule has 1 fully saturated rings. The van der Waals surface area contributed by atoms with Gasteiger partial charge in [-0.05, 0) is 51.6 Å². The Bertz CT molecular complexity index is 277. The Morgan fingerprint density at radius 3 is 2.72 bits per heavy atom. The molecule has 0 aromatic heterocycles. The molecule has 0 spiro atoms. The van der Waals surface area contributed by atoms with Crippen LogP contribution in [0, 0.1) is 18.3 Å². The number of amides is 1. The van der Waals surface area contributed by atoms with E-state index in [2.05, 4.69) is 18.2 Å². The largest absolute Gasteiger partial charge is 0.343 e. The standard InChI is InChI=1S/C15H26N2O/c1-3-5-6-7-8-15(18)17(4-2)13-14-9-11-16-12-10-14/h1,14,16H,4-13H2,2H3. The Labute approximate surface area is 111 Å². The van der Waals surface area contributed by atoms with Gasteiger partial charge in [-0.1, -0.05) is 0 Å². The maximum Gasteiger partial charge on any atom is 0.222 e. The van der Waals surface area contributed by atoms with Gasteiger partial charge in [-0.2, -0.15) is 0 Å². The molecule has 0 radical (unpaired) electrons. The van der Waals surface area contributed by atoms with Gasteiger partial charge < -0.3 is 10.2 Å². The summed E-state index contributed by atoms with van der Waals surface area (Å²) in [6.45, 7) is 6.03. The summed E-state index contributed by atoms with van der Waals surface area (Å²) >= 11 is 0. The molecule has 1 aliphatic heterocycles. The quantitative estimate of drug-likeness (QED) is 0.554. The first-order valence-corrected chi connectivity index (χ1v) is 7.19. The molecule has 1 N–H and O–H groups in total. The van der Waals surface area contributed by atoms with E-state index in [9.17, 15) is 4.79 Å². The van der Waals surface area contributed by atoms with Gasteiger partial charge in [-0.3, -0.25) is 4.79 Å². The molecule has 0 aliphatic carbocycles. The van der Waals surface area contributed by atoms with Crippen LogP contribution in [0.5, 0.6) is 0 Å². The molecule has 0 saturated carbocycles. The van der Waals surface area contributed by atoms with Gasteiger partial charge in [-0.25, -0.2) is 0 Å². The third-order valence-corrected chi connectivity index (χ3v) is 3.63. The molecule has 1 heterocycles. The second kappa shape index (κ2) is 8.99. The van der Waals surface area contributed by atoms with Gasteiger partial charge in [-0.15, -0.1) is 12.3 Å². The molecule has 0 aromatic carbocycles. The maximum atomic E-state index is 12.1. The number of hydrogen-bond donors (Lipinski definition) is 1. The molecule has 0 unspecified atom stereocenters. The van der Waals surface area contributed by atoms with Crippen LogP contribution in [0.2, 0.25) is 0 Å². The molecule has 3 nitrogen and oxygen atoms in total. The van der Waals surface area contributed by atoms with E-state index < -0.39 is 0 Å². The van der Waals surface area contributed by atoms with E-state index in [0.717, 1.165) is 45.4 Å². The van der Waals surface area contributed by atoms with Crippen molar-refractivity contribution < 1.29 is 4.79 Å². The molecule has 0 atom stereocenters. The fourth-order valence-electron chi connectivity index (χ4n) is 2.44. The van der Waals surface area contributed by atoms with E-state index in [-0.39, 0.29) is 0 Å². The average molecular weight is 250 g/mol. The summed E-state index contributed by atoms with van der Waals surface area (Å²) in [5.74, 6) is 3.60. The van der Waals surface area contributed by atoms with Crippen LogP contribution in [-0.2, 0) is 4.79 Å². The molecule has 3 heteroatoms. The first-order valence-electron chi connectivity index (χ1n) is 7.19. The van der Waals surface area contributed by atoms with Crippen LogP contribution in [0.1, 0.15) is 45.4 Å². The number of rotatable bonds is 7. The van der Waals surface area contributed by atoms with E-state index in [1.807, 2.05) is 4.90 Å². The number of piperidine rings is 1. The van der Waals surface area contributed by atoms with Crippen LogP contribution in [0.15, 0.2) is 0 Å². The van der Waals surface area contributed by atoms with Crippen molar-refractivity contribution in [3.63, 3.8) is 0 Å². The zero-order valence-corrected chi connectivity index (χ0v) is 11.6. The summed E-state index contributed by atoms with van der Waals surface area (Å²) in [5, 5.41) is 3.36. The van der Waals surface area contributed by atoms with E-state index in [0.29, 0.717) is 18.2 Å². The number of hydrogen-bond acceptors (Lipinski definition) is 2. The van der Waals surface area contributed by atoms with E-state index in [1.165, 1.54) is 12.8 Å². The van der Waals surface area contributed by atoms with Crippen molar-refractivity contribution in [2.45, 2.75) is 45.4 Å². The minimum Gasteiger partial charge on any atom is -0.343 e. The average Bonchev–Trinajstić information content (AvgIpc) is 2.42. The maximum absolute atomic E-state index is 12.1. The zero-order chi connectivity index (χ0) is 13.2.